The minimum atomic E-state index is -3.34. The van der Waals surface area contributed by atoms with Gasteiger partial charge in [0.05, 0.1) is 6.10 Å². The lowest BCUT2D eigenvalue weighted by Crippen LogP contribution is -2.38. The summed E-state index contributed by atoms with van der Waals surface area (Å²) in [6.45, 7) is 1.16. The summed E-state index contributed by atoms with van der Waals surface area (Å²) < 4.78 is 23.8. The zero-order chi connectivity index (χ0) is 14.9. The summed E-state index contributed by atoms with van der Waals surface area (Å²) >= 11 is 0. The first-order valence-electron chi connectivity index (χ1n) is 6.53. The van der Waals surface area contributed by atoms with E-state index in [0.29, 0.717) is 18.8 Å². The number of hydrogen-bond donors (Lipinski definition) is 1. The number of anilines is 1. The van der Waals surface area contributed by atoms with Gasteiger partial charge in [0.15, 0.2) is 9.84 Å². The van der Waals surface area contributed by atoms with Crippen LogP contribution in [0, 0.1) is 0 Å². The monoisotopic (exact) mass is 299 g/mol. The van der Waals surface area contributed by atoms with E-state index in [4.69, 9.17) is 0 Å². The molecule has 0 aromatic carbocycles. The smallest absolute Gasteiger partial charge is 0.179 e. The number of likely N-dealkylation sites (N-methyl/N-ethyl adjacent to an activating group) is 1. The summed E-state index contributed by atoms with van der Waals surface area (Å²) in [5.41, 5.74) is 0. The third-order valence-corrected chi connectivity index (χ3v) is 4.51. The van der Waals surface area contributed by atoms with Gasteiger partial charge in [0.2, 0.25) is 0 Å². The molecule has 0 amide bonds. The fraction of sp³-hybridized carbons (Fsp3) is 0.615. The summed E-state index contributed by atoms with van der Waals surface area (Å²) in [5, 5.41) is 9.90. The van der Waals surface area contributed by atoms with E-state index in [-0.39, 0.29) is 10.9 Å². The van der Waals surface area contributed by atoms with Crippen LogP contribution in [-0.4, -0.2) is 69.0 Å². The van der Waals surface area contributed by atoms with Crippen LogP contribution in [0.3, 0.4) is 0 Å². The highest BCUT2D eigenvalue weighted by Gasteiger charge is 2.34. The molecule has 2 atom stereocenters. The van der Waals surface area contributed by atoms with Crippen LogP contribution in [0.1, 0.15) is 6.42 Å². The molecule has 1 fully saturated rings. The van der Waals surface area contributed by atoms with Crippen molar-refractivity contribution < 1.29 is 13.5 Å². The summed E-state index contributed by atoms with van der Waals surface area (Å²) in [4.78, 5) is 8.39. The molecule has 1 aromatic rings. The summed E-state index contributed by atoms with van der Waals surface area (Å²) in [6, 6.07) is 3.25. The lowest BCUT2D eigenvalue weighted by atomic mass is 10.2. The van der Waals surface area contributed by atoms with Gasteiger partial charge in [-0.3, -0.25) is 0 Å². The number of hydrogen-bond acceptors (Lipinski definition) is 6. The number of sulfone groups is 1. The van der Waals surface area contributed by atoms with Crippen molar-refractivity contribution in [2.75, 3.05) is 38.3 Å². The number of aliphatic hydroxyl groups excluding tert-OH is 1. The maximum atomic E-state index is 11.9. The molecular weight excluding hydrogens is 278 g/mol. The molecule has 0 saturated carbocycles. The quantitative estimate of drug-likeness (QED) is 0.843. The van der Waals surface area contributed by atoms with Crippen molar-refractivity contribution in [2.45, 2.75) is 23.5 Å². The van der Waals surface area contributed by atoms with Crippen LogP contribution >= 0.6 is 0 Å². The standard InChI is InChI=1S/C13H21N3O3S/c1-15(2)8-10-7-11(17)9-16(10)13-12(20(3,18)19)5-4-6-14-13/h4-6,10-11,17H,7-9H2,1-3H3. The SMILES string of the molecule is CN(C)CC1CC(O)CN1c1ncccc1S(C)(=O)=O. The fourth-order valence-electron chi connectivity index (χ4n) is 2.63. The second kappa shape index (κ2) is 5.67. The van der Waals surface area contributed by atoms with Crippen LogP contribution in [-0.2, 0) is 9.84 Å². The minimum absolute atomic E-state index is 0.0652. The molecule has 20 heavy (non-hydrogen) atoms. The second-order valence-electron chi connectivity index (χ2n) is 5.56. The first kappa shape index (κ1) is 15.2. The van der Waals surface area contributed by atoms with Gasteiger partial charge in [-0.2, -0.15) is 0 Å². The molecule has 1 aromatic heterocycles. The summed E-state index contributed by atoms with van der Waals surface area (Å²) in [5.74, 6) is 0.443. The molecule has 2 rings (SSSR count). The Hall–Kier alpha value is -1.18. The molecule has 0 bridgehead atoms. The summed E-state index contributed by atoms with van der Waals surface area (Å²) in [7, 11) is 0.575. The lowest BCUT2D eigenvalue weighted by Gasteiger charge is -2.28. The highest BCUT2D eigenvalue weighted by Crippen LogP contribution is 2.29. The third kappa shape index (κ3) is 3.28. The lowest BCUT2D eigenvalue weighted by molar-refractivity contribution is 0.191. The number of β-amino-alcohol motifs (C(OH)–C–C–N with tert-alkyl or cyclic N) is 1. The molecular formula is C13H21N3O3S. The van der Waals surface area contributed by atoms with Gasteiger partial charge in [-0.15, -0.1) is 0 Å². The highest BCUT2D eigenvalue weighted by atomic mass is 32.2. The van der Waals surface area contributed by atoms with E-state index < -0.39 is 15.9 Å². The van der Waals surface area contributed by atoms with E-state index in [9.17, 15) is 13.5 Å². The molecule has 1 aliphatic heterocycles. The highest BCUT2D eigenvalue weighted by molar-refractivity contribution is 7.90. The van der Waals surface area contributed by atoms with Crippen LogP contribution in [0.25, 0.3) is 0 Å². The zero-order valence-corrected chi connectivity index (χ0v) is 12.8. The van der Waals surface area contributed by atoms with Gasteiger partial charge in [0, 0.05) is 31.6 Å². The normalized spacial score (nSPS) is 23.6. The van der Waals surface area contributed by atoms with Crippen LogP contribution < -0.4 is 4.90 Å². The van der Waals surface area contributed by atoms with Gasteiger partial charge >= 0.3 is 0 Å². The van der Waals surface area contributed by atoms with E-state index >= 15 is 0 Å². The minimum Gasteiger partial charge on any atom is -0.391 e. The van der Waals surface area contributed by atoms with Crippen molar-refractivity contribution >= 4 is 15.7 Å². The molecule has 0 spiro atoms. The Morgan fingerprint density at radius 3 is 2.80 bits per heavy atom. The first-order chi connectivity index (χ1) is 9.29. The Bertz CT molecular complexity index is 574. The molecule has 112 valence electrons. The number of nitrogens with zero attached hydrogens (tertiary/aromatic N) is 3. The van der Waals surface area contributed by atoms with Gasteiger partial charge in [0.25, 0.3) is 0 Å². The van der Waals surface area contributed by atoms with E-state index in [1.54, 1.807) is 18.3 Å². The number of aliphatic hydroxyl groups is 1. The van der Waals surface area contributed by atoms with E-state index in [2.05, 4.69) is 4.98 Å². The van der Waals surface area contributed by atoms with Gasteiger partial charge < -0.3 is 14.9 Å². The molecule has 1 N–H and O–H groups in total. The second-order valence-corrected chi connectivity index (χ2v) is 7.54. The van der Waals surface area contributed by atoms with Crippen LogP contribution in [0.5, 0.6) is 0 Å². The van der Waals surface area contributed by atoms with Gasteiger partial charge in [0.1, 0.15) is 10.7 Å². The number of aromatic nitrogens is 1. The molecule has 7 heteroatoms. The van der Waals surface area contributed by atoms with E-state index in [0.717, 1.165) is 6.54 Å². The molecule has 2 unspecified atom stereocenters. The molecule has 6 nitrogen and oxygen atoms in total. The predicted molar refractivity (Wildman–Crippen MR) is 77.7 cm³/mol. The Balaban J connectivity index is 2.39. The first-order valence-corrected chi connectivity index (χ1v) is 8.42. The van der Waals surface area contributed by atoms with E-state index in [1.165, 1.54) is 6.26 Å². The van der Waals surface area contributed by atoms with Crippen molar-refractivity contribution in [1.29, 1.82) is 0 Å². The predicted octanol–water partition coefficient (Wildman–Crippen LogP) is -0.0137. The summed E-state index contributed by atoms with van der Waals surface area (Å²) in [6.07, 6.45) is 2.94. The number of rotatable bonds is 4. The Morgan fingerprint density at radius 2 is 2.20 bits per heavy atom. The van der Waals surface area contributed by atoms with Crippen LogP contribution in [0.2, 0.25) is 0 Å². The number of pyridine rings is 1. The Kier molecular flexibility index (Phi) is 4.31. The average Bonchev–Trinajstić information content (AvgIpc) is 2.68. The molecule has 0 radical (unpaired) electrons. The van der Waals surface area contributed by atoms with Gasteiger partial charge in [-0.25, -0.2) is 13.4 Å². The van der Waals surface area contributed by atoms with Gasteiger partial charge in [-0.1, -0.05) is 0 Å². The molecule has 1 aliphatic rings. The molecule has 2 heterocycles. The van der Waals surface area contributed by atoms with Crippen molar-refractivity contribution in [1.82, 2.24) is 9.88 Å². The Morgan fingerprint density at radius 1 is 1.50 bits per heavy atom. The average molecular weight is 299 g/mol. The Labute approximate surface area is 120 Å². The van der Waals surface area contributed by atoms with Crippen molar-refractivity contribution in [2.24, 2.45) is 0 Å². The van der Waals surface area contributed by atoms with Crippen LogP contribution in [0.4, 0.5) is 5.82 Å². The van der Waals surface area contributed by atoms with Crippen molar-refractivity contribution in [3.63, 3.8) is 0 Å². The topological polar surface area (TPSA) is 73.7 Å². The molecule has 0 aliphatic carbocycles. The largest absolute Gasteiger partial charge is 0.391 e. The van der Waals surface area contributed by atoms with Crippen molar-refractivity contribution in [3.05, 3.63) is 18.3 Å². The fourth-order valence-corrected chi connectivity index (χ4v) is 3.46. The van der Waals surface area contributed by atoms with Gasteiger partial charge in [-0.05, 0) is 32.6 Å². The van der Waals surface area contributed by atoms with E-state index in [1.807, 2.05) is 23.9 Å². The maximum Gasteiger partial charge on any atom is 0.179 e. The van der Waals surface area contributed by atoms with Crippen LogP contribution in [0.15, 0.2) is 23.2 Å². The van der Waals surface area contributed by atoms with Crippen molar-refractivity contribution in [3.8, 4) is 0 Å². The maximum absolute atomic E-state index is 11.9. The molecule has 1 saturated heterocycles. The third-order valence-electron chi connectivity index (χ3n) is 3.39. The zero-order valence-electron chi connectivity index (χ0n) is 12.0.